The summed E-state index contributed by atoms with van der Waals surface area (Å²) in [7, 11) is 0. The summed E-state index contributed by atoms with van der Waals surface area (Å²) >= 11 is 0. The Morgan fingerprint density at radius 2 is 1.95 bits per heavy atom. The molecule has 0 bridgehead atoms. The van der Waals surface area contributed by atoms with E-state index in [0.717, 1.165) is 31.6 Å². The molecule has 4 heteroatoms. The first-order valence-corrected chi connectivity index (χ1v) is 6.89. The van der Waals surface area contributed by atoms with Gasteiger partial charge in [-0.15, -0.1) is 0 Å². The zero-order chi connectivity index (χ0) is 13.8. The van der Waals surface area contributed by atoms with E-state index in [1.165, 1.54) is 24.6 Å². The predicted molar refractivity (Wildman–Crippen MR) is 73.3 cm³/mol. The van der Waals surface area contributed by atoms with Crippen molar-refractivity contribution in [3.63, 3.8) is 0 Å². The van der Waals surface area contributed by atoms with Crippen molar-refractivity contribution in [1.82, 2.24) is 5.32 Å². The van der Waals surface area contributed by atoms with Crippen LogP contribution in [0, 0.1) is 5.92 Å². The van der Waals surface area contributed by atoms with Crippen LogP contribution < -0.4 is 5.32 Å². The highest BCUT2D eigenvalue weighted by atomic mass is 16.3. The molecule has 2 atom stereocenters. The quantitative estimate of drug-likeness (QED) is 0.567. The van der Waals surface area contributed by atoms with Crippen molar-refractivity contribution >= 4 is 5.91 Å². The Kier molecular flexibility index (Phi) is 4.30. The monoisotopic (exact) mass is 263 g/mol. The summed E-state index contributed by atoms with van der Waals surface area (Å²) in [5.41, 5.74) is 0.382. The maximum Gasteiger partial charge on any atom is 0.251 e. The van der Waals surface area contributed by atoms with E-state index >= 15 is 0 Å². The number of carbonyl (C=O) groups is 1. The average Bonchev–Trinajstić information content (AvgIpc) is 2.58. The van der Waals surface area contributed by atoms with Crippen molar-refractivity contribution in [2.45, 2.75) is 45.1 Å². The Labute approximate surface area is 113 Å². The van der Waals surface area contributed by atoms with Gasteiger partial charge in [0.15, 0.2) is 11.5 Å². The molecule has 0 radical (unpaired) electrons. The lowest BCUT2D eigenvalue weighted by atomic mass is 10.0. The van der Waals surface area contributed by atoms with Crippen LogP contribution in [0.15, 0.2) is 18.2 Å². The number of phenolic OH excluding ortho intramolecular Hbond substituents is 2. The zero-order valence-electron chi connectivity index (χ0n) is 11.2. The second-order valence-electron chi connectivity index (χ2n) is 5.49. The fourth-order valence-electron chi connectivity index (χ4n) is 2.56. The van der Waals surface area contributed by atoms with Gasteiger partial charge in [-0.25, -0.2) is 0 Å². The number of benzene rings is 1. The van der Waals surface area contributed by atoms with Crippen LogP contribution in [0.25, 0.3) is 0 Å². The summed E-state index contributed by atoms with van der Waals surface area (Å²) in [5, 5.41) is 21.6. The molecule has 4 nitrogen and oxygen atoms in total. The minimum atomic E-state index is -0.262. The van der Waals surface area contributed by atoms with Crippen molar-refractivity contribution in [2.75, 3.05) is 0 Å². The Hall–Kier alpha value is -1.71. The minimum absolute atomic E-state index is 0.185. The lowest BCUT2D eigenvalue weighted by Gasteiger charge is -2.16. The third-order valence-corrected chi connectivity index (χ3v) is 3.83. The van der Waals surface area contributed by atoms with Crippen LogP contribution >= 0.6 is 0 Å². The van der Waals surface area contributed by atoms with E-state index in [0.29, 0.717) is 5.56 Å². The fourth-order valence-corrected chi connectivity index (χ4v) is 2.56. The van der Waals surface area contributed by atoms with Gasteiger partial charge in [-0.1, -0.05) is 19.8 Å². The van der Waals surface area contributed by atoms with E-state index in [2.05, 4.69) is 12.2 Å². The molecule has 1 amide bonds. The molecule has 0 aromatic heterocycles. The first-order valence-electron chi connectivity index (χ1n) is 6.89. The second-order valence-corrected chi connectivity index (χ2v) is 5.49. The van der Waals surface area contributed by atoms with Crippen LogP contribution in [0.2, 0.25) is 0 Å². The molecule has 1 aliphatic rings. The minimum Gasteiger partial charge on any atom is -0.504 e. The highest BCUT2D eigenvalue weighted by molar-refractivity contribution is 5.95. The van der Waals surface area contributed by atoms with E-state index in [4.69, 9.17) is 0 Å². The van der Waals surface area contributed by atoms with Gasteiger partial charge in [0.25, 0.3) is 5.91 Å². The number of carbonyl (C=O) groups excluding carboxylic acids is 1. The third kappa shape index (κ3) is 3.63. The molecule has 1 saturated carbocycles. The second kappa shape index (κ2) is 5.95. The lowest BCUT2D eigenvalue weighted by Crippen LogP contribution is -2.34. The molecule has 104 valence electrons. The smallest absolute Gasteiger partial charge is 0.251 e. The molecule has 0 spiro atoms. The van der Waals surface area contributed by atoms with Gasteiger partial charge in [0.05, 0.1) is 0 Å². The topological polar surface area (TPSA) is 69.6 Å². The summed E-state index contributed by atoms with van der Waals surface area (Å²) in [5.74, 6) is 0.0800. The molecule has 1 aliphatic carbocycles. The molecule has 1 aromatic rings. The van der Waals surface area contributed by atoms with Gasteiger partial charge in [0.1, 0.15) is 0 Å². The number of amides is 1. The van der Waals surface area contributed by atoms with E-state index in [-0.39, 0.29) is 23.4 Å². The predicted octanol–water partition coefficient (Wildman–Crippen LogP) is 2.80. The summed E-state index contributed by atoms with van der Waals surface area (Å²) in [6.45, 7) is 2.25. The van der Waals surface area contributed by atoms with Crippen LogP contribution in [0.4, 0.5) is 0 Å². The van der Waals surface area contributed by atoms with E-state index < -0.39 is 0 Å². The molecule has 0 aliphatic heterocycles. The first kappa shape index (κ1) is 13.7. The van der Waals surface area contributed by atoms with Crippen LogP contribution in [0.3, 0.4) is 0 Å². The highest BCUT2D eigenvalue weighted by Crippen LogP contribution is 2.26. The van der Waals surface area contributed by atoms with Crippen molar-refractivity contribution in [2.24, 2.45) is 5.92 Å². The largest absolute Gasteiger partial charge is 0.504 e. The standard InChI is InChI=1S/C15H21NO3/c1-10-3-2-4-12(7-5-10)16-15(19)11-6-8-13(17)14(18)9-11/h6,8-10,12,17-18H,2-5,7H2,1H3,(H,16,19). The summed E-state index contributed by atoms with van der Waals surface area (Å²) in [6.07, 6.45) is 5.54. The van der Waals surface area contributed by atoms with Gasteiger partial charge in [-0.05, 0) is 43.4 Å². The Morgan fingerprint density at radius 1 is 1.16 bits per heavy atom. The lowest BCUT2D eigenvalue weighted by molar-refractivity contribution is 0.0932. The normalized spacial score (nSPS) is 23.6. The maximum absolute atomic E-state index is 12.1. The van der Waals surface area contributed by atoms with Gasteiger partial charge in [-0.3, -0.25) is 4.79 Å². The number of phenols is 2. The van der Waals surface area contributed by atoms with Gasteiger partial charge in [0.2, 0.25) is 0 Å². The van der Waals surface area contributed by atoms with Gasteiger partial charge < -0.3 is 15.5 Å². The summed E-state index contributed by atoms with van der Waals surface area (Å²) in [4.78, 5) is 12.1. The number of rotatable bonds is 2. The maximum atomic E-state index is 12.1. The van der Waals surface area contributed by atoms with Crippen molar-refractivity contribution in [1.29, 1.82) is 0 Å². The van der Waals surface area contributed by atoms with E-state index in [1.807, 2.05) is 0 Å². The molecule has 0 heterocycles. The molecule has 1 aromatic carbocycles. The molecule has 3 N–H and O–H groups in total. The highest BCUT2D eigenvalue weighted by Gasteiger charge is 2.19. The fraction of sp³-hybridized carbons (Fsp3) is 0.533. The van der Waals surface area contributed by atoms with Crippen LogP contribution in [0.5, 0.6) is 11.5 Å². The summed E-state index contributed by atoms with van der Waals surface area (Å²) in [6, 6.07) is 4.36. The van der Waals surface area contributed by atoms with Crippen LogP contribution in [-0.4, -0.2) is 22.2 Å². The molecular weight excluding hydrogens is 242 g/mol. The Morgan fingerprint density at radius 3 is 2.68 bits per heavy atom. The number of hydrogen-bond donors (Lipinski definition) is 3. The number of hydrogen-bond acceptors (Lipinski definition) is 3. The number of nitrogens with one attached hydrogen (secondary N) is 1. The molecule has 2 rings (SSSR count). The molecule has 19 heavy (non-hydrogen) atoms. The first-order chi connectivity index (χ1) is 9.06. The van der Waals surface area contributed by atoms with Crippen molar-refractivity contribution < 1.29 is 15.0 Å². The number of aromatic hydroxyl groups is 2. The molecular formula is C15H21NO3. The molecule has 0 saturated heterocycles. The van der Waals surface area contributed by atoms with E-state index in [1.54, 1.807) is 0 Å². The molecule has 2 unspecified atom stereocenters. The Bertz CT molecular complexity index is 459. The zero-order valence-corrected chi connectivity index (χ0v) is 11.2. The SMILES string of the molecule is CC1CCCC(NC(=O)c2ccc(O)c(O)c2)CC1. The molecule has 1 fully saturated rings. The van der Waals surface area contributed by atoms with Gasteiger partial charge >= 0.3 is 0 Å². The van der Waals surface area contributed by atoms with Gasteiger partial charge in [0, 0.05) is 11.6 Å². The van der Waals surface area contributed by atoms with Crippen molar-refractivity contribution in [3.05, 3.63) is 23.8 Å². The van der Waals surface area contributed by atoms with Crippen LogP contribution in [0.1, 0.15) is 49.4 Å². The van der Waals surface area contributed by atoms with E-state index in [9.17, 15) is 15.0 Å². The average molecular weight is 263 g/mol. The van der Waals surface area contributed by atoms with Gasteiger partial charge in [-0.2, -0.15) is 0 Å². The summed E-state index contributed by atoms with van der Waals surface area (Å²) < 4.78 is 0. The van der Waals surface area contributed by atoms with Crippen molar-refractivity contribution in [3.8, 4) is 11.5 Å². The third-order valence-electron chi connectivity index (χ3n) is 3.83. The van der Waals surface area contributed by atoms with Crippen LogP contribution in [-0.2, 0) is 0 Å². The Balaban J connectivity index is 1.98.